The number of nitrogens with one attached hydrogen (secondary N) is 1. The molecule has 2 aromatic carbocycles. The lowest BCUT2D eigenvalue weighted by molar-refractivity contribution is -0.116. The summed E-state index contributed by atoms with van der Waals surface area (Å²) in [5, 5.41) is 10.8. The van der Waals surface area contributed by atoms with E-state index in [0.717, 1.165) is 22.9 Å². The standard InChI is InChI=1S/C18H16N2O4S/c1-10-3-8-14(9-11(10)2)20-16(21)15(25-18(20)24)19-13-6-4-12(5-7-13)17(22)23/h3-9,15,19H,1-2H3,(H,22,23)/t15-/m1/s1. The van der Waals surface area contributed by atoms with Crippen LogP contribution < -0.4 is 10.2 Å². The van der Waals surface area contributed by atoms with Gasteiger partial charge in [0, 0.05) is 5.69 Å². The van der Waals surface area contributed by atoms with Gasteiger partial charge in [-0.3, -0.25) is 9.59 Å². The molecule has 0 aromatic heterocycles. The highest BCUT2D eigenvalue weighted by Crippen LogP contribution is 2.33. The molecule has 128 valence electrons. The molecule has 1 aliphatic rings. The number of aryl methyl sites for hydroxylation is 2. The summed E-state index contributed by atoms with van der Waals surface area (Å²) in [5.41, 5.74) is 3.37. The molecule has 1 heterocycles. The van der Waals surface area contributed by atoms with Gasteiger partial charge in [-0.2, -0.15) is 0 Å². The molecule has 0 aliphatic carbocycles. The van der Waals surface area contributed by atoms with E-state index in [1.165, 1.54) is 17.0 Å². The molecule has 25 heavy (non-hydrogen) atoms. The summed E-state index contributed by atoms with van der Waals surface area (Å²) in [7, 11) is 0. The fourth-order valence-electron chi connectivity index (χ4n) is 2.46. The third-order valence-corrected chi connectivity index (χ3v) is 4.96. The first-order chi connectivity index (χ1) is 11.9. The van der Waals surface area contributed by atoms with Gasteiger partial charge in [-0.1, -0.05) is 6.07 Å². The second kappa shape index (κ2) is 6.60. The Bertz CT molecular complexity index is 864. The van der Waals surface area contributed by atoms with Gasteiger partial charge in [-0.25, -0.2) is 9.69 Å². The number of thioether (sulfide) groups is 1. The van der Waals surface area contributed by atoms with E-state index in [1.54, 1.807) is 18.2 Å². The first kappa shape index (κ1) is 17.0. The van der Waals surface area contributed by atoms with Crippen molar-refractivity contribution in [3.8, 4) is 0 Å². The molecule has 0 radical (unpaired) electrons. The smallest absolute Gasteiger partial charge is 0.335 e. The third-order valence-electron chi connectivity index (χ3n) is 4.02. The highest BCUT2D eigenvalue weighted by Gasteiger charge is 2.40. The molecular weight excluding hydrogens is 340 g/mol. The van der Waals surface area contributed by atoms with Crippen LogP contribution in [-0.4, -0.2) is 27.6 Å². The lowest BCUT2D eigenvalue weighted by atomic mass is 10.1. The zero-order valence-electron chi connectivity index (χ0n) is 13.6. The molecule has 0 bridgehead atoms. The first-order valence-electron chi connectivity index (χ1n) is 7.58. The van der Waals surface area contributed by atoms with Gasteiger partial charge >= 0.3 is 5.97 Å². The molecular formula is C18H16N2O4S. The number of rotatable bonds is 4. The van der Waals surface area contributed by atoms with Crippen molar-refractivity contribution in [2.24, 2.45) is 0 Å². The molecule has 0 unspecified atom stereocenters. The second-order valence-corrected chi connectivity index (χ2v) is 6.79. The van der Waals surface area contributed by atoms with Crippen LogP contribution in [0.3, 0.4) is 0 Å². The number of nitrogens with zero attached hydrogens (tertiary/aromatic N) is 1. The van der Waals surface area contributed by atoms with Crippen LogP contribution in [0.4, 0.5) is 16.2 Å². The van der Waals surface area contributed by atoms with Crippen LogP contribution in [0, 0.1) is 13.8 Å². The van der Waals surface area contributed by atoms with Crippen molar-refractivity contribution in [1.82, 2.24) is 0 Å². The highest BCUT2D eigenvalue weighted by atomic mass is 32.2. The normalized spacial score (nSPS) is 17.0. The number of carboxylic acid groups (broad SMARTS) is 1. The summed E-state index contributed by atoms with van der Waals surface area (Å²) in [6, 6.07) is 11.5. The molecule has 6 nitrogen and oxygen atoms in total. The van der Waals surface area contributed by atoms with Crippen LogP contribution in [0.15, 0.2) is 42.5 Å². The summed E-state index contributed by atoms with van der Waals surface area (Å²) in [6.07, 6.45) is 0. The Kier molecular flexibility index (Phi) is 4.50. The van der Waals surface area contributed by atoms with Crippen molar-refractivity contribution in [2.75, 3.05) is 10.2 Å². The zero-order chi connectivity index (χ0) is 18.1. The molecule has 1 aliphatic heterocycles. The quantitative estimate of drug-likeness (QED) is 0.870. The van der Waals surface area contributed by atoms with Crippen LogP contribution in [0.2, 0.25) is 0 Å². The third kappa shape index (κ3) is 3.36. The topological polar surface area (TPSA) is 86.7 Å². The summed E-state index contributed by atoms with van der Waals surface area (Å²) in [4.78, 5) is 36.9. The van der Waals surface area contributed by atoms with E-state index >= 15 is 0 Å². The lowest BCUT2D eigenvalue weighted by Crippen LogP contribution is -2.34. The zero-order valence-corrected chi connectivity index (χ0v) is 14.5. The number of carbonyl (C=O) groups excluding carboxylic acids is 2. The van der Waals surface area contributed by atoms with Crippen LogP contribution in [0.1, 0.15) is 21.5 Å². The van der Waals surface area contributed by atoms with Crippen molar-refractivity contribution in [3.05, 3.63) is 59.2 Å². The van der Waals surface area contributed by atoms with Crippen molar-refractivity contribution >= 4 is 40.3 Å². The van der Waals surface area contributed by atoms with Gasteiger partial charge in [0.05, 0.1) is 11.3 Å². The molecule has 2 aromatic rings. The number of aromatic carboxylic acids is 1. The highest BCUT2D eigenvalue weighted by molar-refractivity contribution is 8.16. The Morgan fingerprint density at radius 1 is 1.08 bits per heavy atom. The van der Waals surface area contributed by atoms with Gasteiger partial charge in [-0.05, 0) is 73.1 Å². The predicted octanol–water partition coefficient (Wildman–Crippen LogP) is 3.64. The molecule has 0 spiro atoms. The number of hydrogen-bond acceptors (Lipinski definition) is 5. The predicted molar refractivity (Wildman–Crippen MR) is 97.2 cm³/mol. The fraction of sp³-hybridized carbons (Fsp3) is 0.167. The maximum Gasteiger partial charge on any atom is 0.335 e. The van der Waals surface area contributed by atoms with Crippen molar-refractivity contribution in [3.63, 3.8) is 0 Å². The maximum absolute atomic E-state index is 12.6. The number of imide groups is 1. The van der Waals surface area contributed by atoms with Crippen molar-refractivity contribution < 1.29 is 19.5 Å². The first-order valence-corrected chi connectivity index (χ1v) is 8.46. The number of amides is 2. The van der Waals surface area contributed by atoms with Gasteiger partial charge in [0.25, 0.3) is 11.1 Å². The average molecular weight is 356 g/mol. The fourth-order valence-corrected chi connectivity index (χ4v) is 3.36. The summed E-state index contributed by atoms with van der Waals surface area (Å²) >= 11 is 0.902. The van der Waals surface area contributed by atoms with Crippen molar-refractivity contribution in [1.29, 1.82) is 0 Å². The summed E-state index contributed by atoms with van der Waals surface area (Å²) < 4.78 is 0. The van der Waals surface area contributed by atoms with E-state index in [4.69, 9.17) is 5.11 Å². The minimum absolute atomic E-state index is 0.156. The summed E-state index contributed by atoms with van der Waals surface area (Å²) in [5.74, 6) is -1.37. The van der Waals surface area contributed by atoms with Crippen LogP contribution in [0.25, 0.3) is 0 Å². The molecule has 1 saturated heterocycles. The lowest BCUT2D eigenvalue weighted by Gasteiger charge is -2.16. The van der Waals surface area contributed by atoms with Gasteiger partial charge < -0.3 is 10.4 Å². The molecule has 2 N–H and O–H groups in total. The number of benzene rings is 2. The van der Waals surface area contributed by atoms with Crippen LogP contribution >= 0.6 is 11.8 Å². The van der Waals surface area contributed by atoms with E-state index in [1.807, 2.05) is 26.0 Å². The Labute approximate surface area is 148 Å². The van der Waals surface area contributed by atoms with Crippen molar-refractivity contribution in [2.45, 2.75) is 19.2 Å². The Morgan fingerprint density at radius 3 is 2.36 bits per heavy atom. The van der Waals surface area contributed by atoms with Crippen LogP contribution in [-0.2, 0) is 4.79 Å². The number of anilines is 2. The van der Waals surface area contributed by atoms with Gasteiger partial charge in [-0.15, -0.1) is 0 Å². The molecule has 3 rings (SSSR count). The molecule has 0 saturated carbocycles. The van der Waals surface area contributed by atoms with E-state index < -0.39 is 11.3 Å². The van der Waals surface area contributed by atoms with Gasteiger partial charge in [0.15, 0.2) is 5.37 Å². The minimum Gasteiger partial charge on any atom is -0.478 e. The number of carboxylic acids is 1. The number of hydrogen-bond donors (Lipinski definition) is 2. The average Bonchev–Trinajstić information content (AvgIpc) is 2.85. The maximum atomic E-state index is 12.6. The molecule has 1 atom stereocenters. The molecule has 2 amide bonds. The van der Waals surface area contributed by atoms with E-state index in [2.05, 4.69) is 5.32 Å². The Balaban J connectivity index is 1.78. The molecule has 1 fully saturated rings. The van der Waals surface area contributed by atoms with E-state index in [-0.39, 0.29) is 16.7 Å². The second-order valence-electron chi connectivity index (χ2n) is 5.73. The molecule has 7 heteroatoms. The summed E-state index contributed by atoms with van der Waals surface area (Å²) in [6.45, 7) is 3.89. The van der Waals surface area contributed by atoms with E-state index in [9.17, 15) is 14.4 Å². The minimum atomic E-state index is -1.02. The van der Waals surface area contributed by atoms with E-state index in [0.29, 0.717) is 11.4 Å². The monoisotopic (exact) mass is 356 g/mol. The largest absolute Gasteiger partial charge is 0.478 e. The Hall–Kier alpha value is -2.80. The number of carbonyl (C=O) groups is 3. The van der Waals surface area contributed by atoms with Gasteiger partial charge in [0.1, 0.15) is 0 Å². The van der Waals surface area contributed by atoms with Crippen LogP contribution in [0.5, 0.6) is 0 Å². The SMILES string of the molecule is Cc1ccc(N2C(=O)S[C@@H](Nc3ccc(C(=O)O)cc3)C2=O)cc1C. The van der Waals surface area contributed by atoms with Gasteiger partial charge in [0.2, 0.25) is 0 Å². The Morgan fingerprint density at radius 2 is 1.76 bits per heavy atom.